The third kappa shape index (κ3) is 3.35. The van der Waals surface area contributed by atoms with E-state index in [2.05, 4.69) is 11.8 Å². The van der Waals surface area contributed by atoms with Crippen molar-refractivity contribution in [3.8, 4) is 0 Å². The van der Waals surface area contributed by atoms with Gasteiger partial charge in [0.15, 0.2) is 0 Å². The first-order chi connectivity index (χ1) is 6.24. The Labute approximate surface area is 79.7 Å². The molecule has 1 fully saturated rings. The molecule has 0 saturated carbocycles. The summed E-state index contributed by atoms with van der Waals surface area (Å²) in [6, 6.07) is 0.632. The second-order valence-electron chi connectivity index (χ2n) is 3.74. The summed E-state index contributed by atoms with van der Waals surface area (Å²) in [5.41, 5.74) is 0. The van der Waals surface area contributed by atoms with E-state index in [9.17, 15) is 4.79 Å². The van der Waals surface area contributed by atoms with Crippen LogP contribution in [0.1, 0.15) is 39.0 Å². The summed E-state index contributed by atoms with van der Waals surface area (Å²) in [7, 11) is 0. The van der Waals surface area contributed by atoms with Crippen molar-refractivity contribution in [2.75, 3.05) is 13.1 Å². The van der Waals surface area contributed by atoms with Crippen LogP contribution < -0.4 is 0 Å². The molecule has 1 aliphatic heterocycles. The molecule has 1 rings (SSSR count). The van der Waals surface area contributed by atoms with Gasteiger partial charge in [-0.25, -0.2) is 0 Å². The van der Waals surface area contributed by atoms with Gasteiger partial charge in [-0.3, -0.25) is 9.69 Å². The Bertz CT molecular complexity index is 170. The van der Waals surface area contributed by atoms with Gasteiger partial charge in [0.2, 0.25) is 0 Å². The van der Waals surface area contributed by atoms with Crippen LogP contribution in [-0.2, 0) is 4.79 Å². The number of carboxylic acids is 1. The van der Waals surface area contributed by atoms with E-state index >= 15 is 0 Å². The van der Waals surface area contributed by atoms with Crippen molar-refractivity contribution >= 4 is 5.97 Å². The summed E-state index contributed by atoms with van der Waals surface area (Å²) in [6.45, 7) is 4.00. The number of likely N-dealkylation sites (tertiary alicyclic amines) is 1. The monoisotopic (exact) mass is 185 g/mol. The Kier molecular flexibility index (Phi) is 4.22. The van der Waals surface area contributed by atoms with Crippen LogP contribution >= 0.6 is 0 Å². The highest BCUT2D eigenvalue weighted by atomic mass is 16.4. The lowest BCUT2D eigenvalue weighted by Gasteiger charge is -2.34. The fourth-order valence-corrected chi connectivity index (χ4v) is 2.06. The van der Waals surface area contributed by atoms with Gasteiger partial charge in [0.25, 0.3) is 0 Å². The fraction of sp³-hybridized carbons (Fsp3) is 0.900. The van der Waals surface area contributed by atoms with Gasteiger partial charge in [-0.05, 0) is 25.8 Å². The Morgan fingerprint density at radius 3 is 2.92 bits per heavy atom. The van der Waals surface area contributed by atoms with Crippen molar-refractivity contribution < 1.29 is 9.90 Å². The highest BCUT2D eigenvalue weighted by Crippen LogP contribution is 2.19. The number of aliphatic carboxylic acids is 1. The van der Waals surface area contributed by atoms with Gasteiger partial charge < -0.3 is 5.11 Å². The quantitative estimate of drug-likeness (QED) is 0.725. The molecule has 0 aromatic rings. The highest BCUT2D eigenvalue weighted by Gasteiger charge is 2.20. The molecule has 1 aliphatic rings. The average Bonchev–Trinajstić information content (AvgIpc) is 2.15. The molecule has 0 aliphatic carbocycles. The molecule has 0 aromatic carbocycles. The number of carbonyl (C=O) groups is 1. The predicted octanol–water partition coefficient (Wildman–Crippen LogP) is 1.73. The van der Waals surface area contributed by atoms with E-state index in [0.717, 1.165) is 19.5 Å². The van der Waals surface area contributed by atoms with Crippen LogP contribution in [0.2, 0.25) is 0 Å². The molecule has 3 nitrogen and oxygen atoms in total. The Morgan fingerprint density at radius 1 is 1.54 bits per heavy atom. The topological polar surface area (TPSA) is 40.5 Å². The molecular weight excluding hydrogens is 166 g/mol. The van der Waals surface area contributed by atoms with Gasteiger partial charge >= 0.3 is 5.97 Å². The number of hydrogen-bond acceptors (Lipinski definition) is 2. The molecule has 13 heavy (non-hydrogen) atoms. The van der Waals surface area contributed by atoms with E-state index in [1.54, 1.807) is 0 Å². The molecule has 1 heterocycles. The SMILES string of the molecule is CC[C@@H]1CCCCN1CCC(=O)O. The first kappa shape index (κ1) is 10.5. The van der Waals surface area contributed by atoms with E-state index < -0.39 is 5.97 Å². The summed E-state index contributed by atoms with van der Waals surface area (Å²) < 4.78 is 0. The Hall–Kier alpha value is -0.570. The average molecular weight is 185 g/mol. The number of piperidine rings is 1. The van der Waals surface area contributed by atoms with Crippen LogP contribution in [0.25, 0.3) is 0 Å². The van der Waals surface area contributed by atoms with Crippen molar-refractivity contribution in [2.24, 2.45) is 0 Å². The lowest BCUT2D eigenvalue weighted by Crippen LogP contribution is -2.40. The number of rotatable bonds is 4. The predicted molar refractivity (Wildman–Crippen MR) is 51.8 cm³/mol. The van der Waals surface area contributed by atoms with Crippen molar-refractivity contribution in [2.45, 2.75) is 45.1 Å². The minimum atomic E-state index is -0.680. The molecule has 1 saturated heterocycles. The molecule has 0 amide bonds. The van der Waals surface area contributed by atoms with E-state index in [4.69, 9.17) is 5.11 Å². The van der Waals surface area contributed by atoms with Gasteiger partial charge in [0.05, 0.1) is 6.42 Å². The zero-order chi connectivity index (χ0) is 9.68. The van der Waals surface area contributed by atoms with Gasteiger partial charge in [-0.1, -0.05) is 13.3 Å². The summed E-state index contributed by atoms with van der Waals surface area (Å²) >= 11 is 0. The van der Waals surface area contributed by atoms with Gasteiger partial charge in [-0.2, -0.15) is 0 Å². The fourth-order valence-electron chi connectivity index (χ4n) is 2.06. The van der Waals surface area contributed by atoms with Crippen molar-refractivity contribution in [1.29, 1.82) is 0 Å². The third-order valence-electron chi connectivity index (χ3n) is 2.83. The number of nitrogens with zero attached hydrogens (tertiary/aromatic N) is 1. The first-order valence-corrected chi connectivity index (χ1v) is 5.20. The van der Waals surface area contributed by atoms with E-state index in [1.165, 1.54) is 19.3 Å². The van der Waals surface area contributed by atoms with Gasteiger partial charge in [-0.15, -0.1) is 0 Å². The molecule has 76 valence electrons. The van der Waals surface area contributed by atoms with E-state index in [-0.39, 0.29) is 6.42 Å². The van der Waals surface area contributed by atoms with E-state index in [0.29, 0.717) is 6.04 Å². The molecule has 0 aromatic heterocycles. The summed E-state index contributed by atoms with van der Waals surface area (Å²) in [5.74, 6) is -0.680. The maximum absolute atomic E-state index is 10.4. The molecule has 0 unspecified atom stereocenters. The zero-order valence-corrected chi connectivity index (χ0v) is 8.33. The molecule has 0 spiro atoms. The zero-order valence-electron chi connectivity index (χ0n) is 8.33. The second-order valence-corrected chi connectivity index (χ2v) is 3.74. The molecule has 3 heteroatoms. The maximum Gasteiger partial charge on any atom is 0.304 e. The Morgan fingerprint density at radius 2 is 2.31 bits per heavy atom. The maximum atomic E-state index is 10.4. The summed E-state index contributed by atoms with van der Waals surface area (Å²) in [4.78, 5) is 12.7. The lowest BCUT2D eigenvalue weighted by atomic mass is 10.00. The van der Waals surface area contributed by atoms with Crippen molar-refractivity contribution in [3.05, 3.63) is 0 Å². The van der Waals surface area contributed by atoms with Crippen LogP contribution in [-0.4, -0.2) is 35.1 Å². The normalized spacial score (nSPS) is 24.5. The van der Waals surface area contributed by atoms with Gasteiger partial charge in [0, 0.05) is 12.6 Å². The minimum absolute atomic E-state index is 0.288. The second kappa shape index (κ2) is 5.22. The number of carboxylic acid groups (broad SMARTS) is 1. The highest BCUT2D eigenvalue weighted by molar-refractivity contribution is 5.66. The van der Waals surface area contributed by atoms with Gasteiger partial charge in [0.1, 0.15) is 0 Å². The summed E-state index contributed by atoms with van der Waals surface area (Å²) in [5, 5.41) is 8.58. The van der Waals surface area contributed by atoms with Crippen LogP contribution in [0, 0.1) is 0 Å². The summed E-state index contributed by atoms with van der Waals surface area (Å²) in [6.07, 6.45) is 5.23. The van der Waals surface area contributed by atoms with Crippen LogP contribution in [0.4, 0.5) is 0 Å². The van der Waals surface area contributed by atoms with Crippen LogP contribution in [0.5, 0.6) is 0 Å². The Balaban J connectivity index is 2.31. The largest absolute Gasteiger partial charge is 0.481 e. The van der Waals surface area contributed by atoms with Crippen molar-refractivity contribution in [3.63, 3.8) is 0 Å². The van der Waals surface area contributed by atoms with Crippen LogP contribution in [0.3, 0.4) is 0 Å². The number of hydrogen-bond donors (Lipinski definition) is 1. The minimum Gasteiger partial charge on any atom is -0.481 e. The van der Waals surface area contributed by atoms with E-state index in [1.807, 2.05) is 0 Å². The molecule has 0 radical (unpaired) electrons. The molecular formula is C10H19NO2. The third-order valence-corrected chi connectivity index (χ3v) is 2.83. The smallest absolute Gasteiger partial charge is 0.304 e. The standard InChI is InChI=1S/C10H19NO2/c1-2-9-5-3-4-7-11(9)8-6-10(12)13/h9H,2-8H2,1H3,(H,12,13)/t9-/m1/s1. The molecule has 0 bridgehead atoms. The molecule has 1 atom stereocenters. The molecule has 1 N–H and O–H groups in total. The van der Waals surface area contributed by atoms with Crippen molar-refractivity contribution in [1.82, 2.24) is 4.90 Å². The first-order valence-electron chi connectivity index (χ1n) is 5.20. The lowest BCUT2D eigenvalue weighted by molar-refractivity contribution is -0.137. The van der Waals surface area contributed by atoms with Crippen LogP contribution in [0.15, 0.2) is 0 Å².